The number of benzene rings is 4. The van der Waals surface area contributed by atoms with Crippen LogP contribution >= 0.6 is 45.8 Å². The van der Waals surface area contributed by atoms with Crippen molar-refractivity contribution in [3.05, 3.63) is 171 Å². The van der Waals surface area contributed by atoms with Crippen molar-refractivity contribution < 1.29 is 35.8 Å². The van der Waals surface area contributed by atoms with Crippen LogP contribution in [-0.2, 0) is 46.1 Å². The molecule has 0 atom stereocenters. The average molecular weight is 1090 g/mol. The maximum absolute atomic E-state index is 13.1. The average Bonchev–Trinajstić information content (AvgIpc) is 3.81. The van der Waals surface area contributed by atoms with Gasteiger partial charge in [0, 0.05) is 30.7 Å². The molecule has 352 valence electrons. The van der Waals surface area contributed by atoms with Crippen LogP contribution in [0, 0.1) is 0 Å². The maximum atomic E-state index is 13.1. The number of H-pyrrole nitrogens is 1. The number of alkyl halides is 7. The Balaban J connectivity index is 0.000000209. The number of hydrogen-bond acceptors (Lipinski definition) is 8. The zero-order valence-electron chi connectivity index (χ0n) is 35.5. The van der Waals surface area contributed by atoms with Crippen molar-refractivity contribution in [3.8, 4) is 23.5 Å². The van der Waals surface area contributed by atoms with Gasteiger partial charge in [0.25, 0.3) is 11.1 Å². The second kappa shape index (κ2) is 20.7. The molecule has 0 bridgehead atoms. The zero-order valence-corrected chi connectivity index (χ0v) is 39.2. The third-order valence-electron chi connectivity index (χ3n) is 9.73. The molecule has 8 rings (SSSR count). The van der Waals surface area contributed by atoms with Crippen molar-refractivity contribution in [2.45, 2.75) is 45.8 Å². The summed E-state index contributed by atoms with van der Waals surface area (Å²) in [5, 5.41) is 1.03. The number of fused-ring (bicyclic) bond motifs is 2. The molecule has 0 fully saturated rings. The number of nitrogens with zero attached hydrogens (tertiary/aromatic N) is 7. The number of aromatic amines is 1. The van der Waals surface area contributed by atoms with E-state index in [1.54, 1.807) is 55.5 Å². The molecule has 0 aliphatic carbocycles. The van der Waals surface area contributed by atoms with E-state index in [4.69, 9.17) is 32.7 Å². The van der Waals surface area contributed by atoms with E-state index in [-0.39, 0.29) is 65.5 Å². The third-order valence-corrected chi connectivity index (χ3v) is 10.2. The molecule has 4 aromatic heterocycles. The van der Waals surface area contributed by atoms with Crippen LogP contribution in [0.15, 0.2) is 116 Å². The number of imidazole rings is 2. The molecule has 0 aliphatic heterocycles. The largest absolute Gasteiger partial charge is 0.425 e. The second-order valence-corrected chi connectivity index (χ2v) is 16.7. The van der Waals surface area contributed by atoms with Crippen molar-refractivity contribution in [3.63, 3.8) is 0 Å². The predicted octanol–water partition coefficient (Wildman–Crippen LogP) is 9.81. The van der Waals surface area contributed by atoms with Gasteiger partial charge in [0.15, 0.2) is 22.3 Å². The van der Waals surface area contributed by atoms with Crippen molar-refractivity contribution in [1.29, 1.82) is 0 Å². The summed E-state index contributed by atoms with van der Waals surface area (Å²) in [5.41, 5.74) is -2.60. The Hall–Kier alpha value is -6.33. The Morgan fingerprint density at radius 3 is 1.46 bits per heavy atom. The van der Waals surface area contributed by atoms with Crippen molar-refractivity contribution in [2.24, 2.45) is 14.1 Å². The minimum absolute atomic E-state index is 0.0321. The molecule has 0 saturated carbocycles. The van der Waals surface area contributed by atoms with E-state index in [9.17, 15) is 45.5 Å². The van der Waals surface area contributed by atoms with Crippen molar-refractivity contribution >= 4 is 68.1 Å². The number of aryl methyl sites for hydroxylation is 2. The van der Waals surface area contributed by atoms with E-state index < -0.39 is 46.0 Å². The van der Waals surface area contributed by atoms with Gasteiger partial charge in [-0.2, -0.15) is 36.3 Å². The van der Waals surface area contributed by atoms with Crippen molar-refractivity contribution in [1.82, 2.24) is 37.8 Å². The van der Waals surface area contributed by atoms with E-state index >= 15 is 0 Å². The van der Waals surface area contributed by atoms with Crippen LogP contribution in [-0.4, -0.2) is 42.2 Å². The number of rotatable bonds is 9. The van der Waals surface area contributed by atoms with Gasteiger partial charge in [0.2, 0.25) is 0 Å². The summed E-state index contributed by atoms with van der Waals surface area (Å²) < 4.78 is 97.3. The molecule has 4 aromatic carbocycles. The SMILES string of the molecule is CCI.CCn1c(=O)c2c(nc(Oc3cccc(C(F)(F)F)c3)n2Cc2ccc(Cl)cc2)n(C)c1=O.Cn1c(=O)[nH]c(=O)c2c1nc(Oc1cccc(C(F)(F)F)c1)n2Cc1ccc(Cl)cc1. The molecule has 0 saturated heterocycles. The molecule has 0 amide bonds. The van der Waals surface area contributed by atoms with E-state index in [0.29, 0.717) is 10.0 Å². The van der Waals surface area contributed by atoms with Crippen LogP contribution < -0.4 is 32.0 Å². The Kier molecular flexibility index (Phi) is 15.5. The van der Waals surface area contributed by atoms with Crippen molar-refractivity contribution in [2.75, 3.05) is 4.43 Å². The van der Waals surface area contributed by atoms with Gasteiger partial charge in [-0.1, -0.05) is 89.1 Å². The van der Waals surface area contributed by atoms with Crippen LogP contribution in [0.4, 0.5) is 26.3 Å². The highest BCUT2D eigenvalue weighted by molar-refractivity contribution is 14.1. The summed E-state index contributed by atoms with van der Waals surface area (Å²) in [5.74, 6) is -0.234. The molecule has 8 aromatic rings. The monoisotopic (exact) mass is 1080 g/mol. The van der Waals surface area contributed by atoms with Crippen LogP contribution in [0.3, 0.4) is 0 Å². The lowest BCUT2D eigenvalue weighted by Gasteiger charge is -2.12. The molecule has 4 heterocycles. The van der Waals surface area contributed by atoms with Crippen LogP contribution in [0.5, 0.6) is 23.5 Å². The first-order chi connectivity index (χ1) is 31.6. The first-order valence-electron chi connectivity index (χ1n) is 19.8. The Morgan fingerprint density at radius 2 is 1.04 bits per heavy atom. The van der Waals surface area contributed by atoms with E-state index in [1.165, 1.54) is 56.5 Å². The fraction of sp³-hybridized carbons (Fsp3) is 0.227. The Labute approximate surface area is 398 Å². The first-order valence-corrected chi connectivity index (χ1v) is 22.1. The van der Waals surface area contributed by atoms with Gasteiger partial charge in [-0.05, 0) is 83.1 Å². The fourth-order valence-electron chi connectivity index (χ4n) is 6.52. The summed E-state index contributed by atoms with van der Waals surface area (Å²) in [6, 6.07) is 21.9. The topological polar surface area (TPSA) is 153 Å². The molecular weight excluding hydrogens is 1050 g/mol. The van der Waals surface area contributed by atoms with Gasteiger partial charge >= 0.3 is 35.8 Å². The molecule has 0 radical (unpaired) electrons. The lowest BCUT2D eigenvalue weighted by Crippen LogP contribution is -2.39. The van der Waals surface area contributed by atoms with E-state index in [2.05, 4.69) is 44.5 Å². The smallest absolute Gasteiger partial charge is 0.416 e. The zero-order chi connectivity index (χ0) is 49.0. The molecule has 0 spiro atoms. The van der Waals surface area contributed by atoms with Gasteiger partial charge in [0.1, 0.15) is 11.5 Å². The molecule has 23 heteroatoms. The first kappa shape index (κ1) is 50.1. The summed E-state index contributed by atoms with van der Waals surface area (Å²) in [6.07, 6.45) is -9.11. The van der Waals surface area contributed by atoms with Gasteiger partial charge in [-0.15, -0.1) is 0 Å². The number of aromatic nitrogens is 8. The number of ether oxygens (including phenoxy) is 2. The minimum Gasteiger partial charge on any atom is -0.425 e. The summed E-state index contributed by atoms with van der Waals surface area (Å²) in [4.78, 5) is 60.8. The van der Waals surface area contributed by atoms with Gasteiger partial charge in [0.05, 0.1) is 24.2 Å². The molecular formula is C44H37Cl2F6IN8O6. The Bertz CT molecular complexity index is 3310. The minimum atomic E-state index is -4.55. The van der Waals surface area contributed by atoms with E-state index in [0.717, 1.165) is 44.5 Å². The lowest BCUT2D eigenvalue weighted by molar-refractivity contribution is -0.138. The lowest BCUT2D eigenvalue weighted by atomic mass is 10.2. The number of nitrogens with one attached hydrogen (secondary N) is 1. The molecule has 0 unspecified atom stereocenters. The predicted molar refractivity (Wildman–Crippen MR) is 249 cm³/mol. The second-order valence-electron chi connectivity index (χ2n) is 14.3. The molecule has 67 heavy (non-hydrogen) atoms. The summed E-state index contributed by atoms with van der Waals surface area (Å²) >= 11 is 14.2. The van der Waals surface area contributed by atoms with E-state index in [1.807, 2.05) is 0 Å². The highest BCUT2D eigenvalue weighted by Crippen LogP contribution is 2.35. The highest BCUT2D eigenvalue weighted by Gasteiger charge is 2.32. The molecule has 0 aliphatic rings. The summed E-state index contributed by atoms with van der Waals surface area (Å²) in [7, 11) is 2.87. The third kappa shape index (κ3) is 11.4. The van der Waals surface area contributed by atoms with Crippen LogP contribution in [0.25, 0.3) is 22.3 Å². The molecule has 14 nitrogen and oxygen atoms in total. The van der Waals surface area contributed by atoms with Gasteiger partial charge in [-0.3, -0.25) is 37.4 Å². The summed E-state index contributed by atoms with van der Waals surface area (Å²) in [6.45, 7) is 4.12. The number of hydrogen-bond donors (Lipinski definition) is 1. The normalized spacial score (nSPS) is 11.5. The Morgan fingerprint density at radius 1 is 0.627 bits per heavy atom. The van der Waals surface area contributed by atoms with Crippen LogP contribution in [0.1, 0.15) is 36.1 Å². The quantitative estimate of drug-likeness (QED) is 0.0852. The fourth-order valence-corrected chi connectivity index (χ4v) is 6.77. The highest BCUT2D eigenvalue weighted by atomic mass is 127. The van der Waals surface area contributed by atoms with Crippen LogP contribution in [0.2, 0.25) is 10.0 Å². The maximum Gasteiger partial charge on any atom is 0.416 e. The van der Waals surface area contributed by atoms with Gasteiger partial charge < -0.3 is 9.47 Å². The number of halogens is 9. The standard InChI is InChI=1S/C22H18ClF3N4O3.C20H14ClF3N4O3.C2H5I/c1-3-29-19(31)17-18(28(2)21(29)32)27-20(30(17)12-13-7-9-15(23)10-8-13)33-16-6-4-5-14(11-16)22(24,25)26;1-27-16-15(17(29)26-18(27)30)28(10-11-5-7-13(21)8-6-11)19(25-16)31-14-4-2-3-12(9-14)20(22,23)24;1-2-3/h4-11H,3,12H2,1-2H3;2-9H,10H2,1H3,(H,26,29,30);2H2,1H3. The molecule has 1 N–H and O–H groups in total. The van der Waals surface area contributed by atoms with Gasteiger partial charge in [-0.25, -0.2) is 9.59 Å².